The molecule has 5 aliphatic heterocycles. The molecule has 1 fully saturated rings. The van der Waals surface area contributed by atoms with Gasteiger partial charge in [-0.15, -0.1) is 0 Å². The predicted molar refractivity (Wildman–Crippen MR) is 142 cm³/mol. The molecule has 1 aromatic rings. The molecule has 1 atom stereocenters. The number of hydrogen-bond donors (Lipinski definition) is 3. The summed E-state index contributed by atoms with van der Waals surface area (Å²) in [4.78, 5) is 31.5. The number of carboxylic acids is 1. The molecule has 0 aliphatic carbocycles. The summed E-state index contributed by atoms with van der Waals surface area (Å²) in [5, 5.41) is 14.6. The number of para-hydroxylation sites is 1. The fraction of sp³-hybridized carbons (Fsp3) is 0.536. The molecule has 0 saturated carbocycles. The molecular weight excluding hydrogens is 486 g/mol. The third kappa shape index (κ3) is 5.86. The number of amides is 1. The van der Waals surface area contributed by atoms with E-state index in [4.69, 9.17) is 14.5 Å². The quantitative estimate of drug-likeness (QED) is 0.542. The molecule has 6 rings (SSSR count). The van der Waals surface area contributed by atoms with Crippen LogP contribution in [0.3, 0.4) is 0 Å². The lowest BCUT2D eigenvalue weighted by atomic mass is 9.92. The van der Waals surface area contributed by atoms with Crippen molar-refractivity contribution in [1.29, 1.82) is 0 Å². The molecule has 0 aromatic heterocycles. The first-order chi connectivity index (χ1) is 18.3. The number of ether oxygens (including phenoxy) is 2. The van der Waals surface area contributed by atoms with E-state index in [1.54, 1.807) is 0 Å². The molecule has 10 heteroatoms. The highest BCUT2D eigenvalue weighted by Gasteiger charge is 2.39. The van der Waals surface area contributed by atoms with Crippen LogP contribution in [0.5, 0.6) is 5.75 Å². The van der Waals surface area contributed by atoms with Crippen molar-refractivity contribution in [3.8, 4) is 5.75 Å². The molecule has 1 saturated heterocycles. The Labute approximate surface area is 223 Å². The summed E-state index contributed by atoms with van der Waals surface area (Å²) in [6, 6.07) is 7.48. The number of nitrogens with zero attached hydrogens (tertiary/aromatic N) is 3. The Morgan fingerprint density at radius 3 is 2.76 bits per heavy atom. The van der Waals surface area contributed by atoms with Gasteiger partial charge in [0.25, 0.3) is 0 Å². The van der Waals surface area contributed by atoms with Crippen LogP contribution in [0.15, 0.2) is 52.5 Å². The van der Waals surface area contributed by atoms with Gasteiger partial charge in [0, 0.05) is 43.1 Å². The van der Waals surface area contributed by atoms with Gasteiger partial charge < -0.3 is 24.8 Å². The van der Waals surface area contributed by atoms with Gasteiger partial charge in [0.15, 0.2) is 0 Å². The van der Waals surface area contributed by atoms with Crippen molar-refractivity contribution in [2.45, 2.75) is 64.0 Å². The average Bonchev–Trinajstić information content (AvgIpc) is 3.28. The highest BCUT2D eigenvalue weighted by molar-refractivity contribution is 6.03. The Hall–Kier alpha value is -3.37. The maximum atomic E-state index is 12.8. The second kappa shape index (κ2) is 11.2. The van der Waals surface area contributed by atoms with Gasteiger partial charge in [-0.2, -0.15) is 0 Å². The molecular formula is C28H37N5O5. The van der Waals surface area contributed by atoms with Crippen molar-refractivity contribution in [3.63, 3.8) is 0 Å². The lowest BCUT2D eigenvalue weighted by Gasteiger charge is -2.45. The number of hydrogen-bond acceptors (Lipinski definition) is 8. The maximum absolute atomic E-state index is 12.8. The van der Waals surface area contributed by atoms with E-state index in [1.807, 2.05) is 42.3 Å². The van der Waals surface area contributed by atoms with Gasteiger partial charge in [0.05, 0.1) is 31.1 Å². The molecule has 1 unspecified atom stereocenters. The van der Waals surface area contributed by atoms with Crippen LogP contribution in [0.1, 0.15) is 51.5 Å². The third-order valence-corrected chi connectivity index (χ3v) is 7.61. The zero-order valence-corrected chi connectivity index (χ0v) is 22.2. The van der Waals surface area contributed by atoms with Crippen molar-refractivity contribution in [3.05, 3.63) is 53.1 Å². The highest BCUT2D eigenvalue weighted by atomic mass is 16.5. The van der Waals surface area contributed by atoms with E-state index in [2.05, 4.69) is 22.6 Å². The number of rotatable bonds is 2. The normalized spacial score (nSPS) is 26.7. The van der Waals surface area contributed by atoms with Crippen molar-refractivity contribution in [2.75, 3.05) is 32.8 Å². The van der Waals surface area contributed by atoms with Crippen molar-refractivity contribution < 1.29 is 24.2 Å². The Bertz CT molecular complexity index is 1170. The summed E-state index contributed by atoms with van der Waals surface area (Å²) in [6.45, 7) is 7.13. The molecule has 1 aromatic carbocycles. The van der Waals surface area contributed by atoms with Gasteiger partial charge in [-0.25, -0.2) is 15.4 Å². The summed E-state index contributed by atoms with van der Waals surface area (Å²) < 4.78 is 12.4. The van der Waals surface area contributed by atoms with Crippen LogP contribution in [-0.2, 0) is 20.7 Å². The Kier molecular flexibility index (Phi) is 7.71. The number of nitrogens with one attached hydrogen (secondary N) is 2. The van der Waals surface area contributed by atoms with Gasteiger partial charge in [-0.1, -0.05) is 18.2 Å². The largest absolute Gasteiger partial charge is 0.493 e. The van der Waals surface area contributed by atoms with Crippen LogP contribution in [0.4, 0.5) is 0 Å². The minimum Gasteiger partial charge on any atom is -0.493 e. The molecule has 38 heavy (non-hydrogen) atoms. The predicted octanol–water partition coefficient (Wildman–Crippen LogP) is 2.58. The number of aliphatic carboxylic acids is 1. The third-order valence-electron chi connectivity index (χ3n) is 7.61. The van der Waals surface area contributed by atoms with Crippen molar-refractivity contribution in [2.24, 2.45) is 4.99 Å². The summed E-state index contributed by atoms with van der Waals surface area (Å²) >= 11 is 0. The maximum Gasteiger partial charge on any atom is 0.308 e. The first kappa shape index (κ1) is 26.2. The molecule has 1 amide bonds. The van der Waals surface area contributed by atoms with Gasteiger partial charge in [-0.3, -0.25) is 9.59 Å². The zero-order valence-electron chi connectivity index (χ0n) is 22.2. The van der Waals surface area contributed by atoms with Crippen LogP contribution < -0.4 is 15.5 Å². The van der Waals surface area contributed by atoms with Crippen molar-refractivity contribution in [1.82, 2.24) is 20.7 Å². The van der Waals surface area contributed by atoms with Crippen LogP contribution >= 0.6 is 0 Å². The van der Waals surface area contributed by atoms with Crippen molar-refractivity contribution >= 4 is 17.6 Å². The fourth-order valence-electron chi connectivity index (χ4n) is 5.40. The topological polar surface area (TPSA) is 116 Å². The van der Waals surface area contributed by atoms with E-state index in [-0.39, 0.29) is 30.4 Å². The van der Waals surface area contributed by atoms with E-state index in [9.17, 15) is 14.7 Å². The molecule has 0 spiro atoms. The minimum atomic E-state index is -0.890. The SMILES string of the molecule is CC1=NC2=CC3CNC(=O)Cc4ccccc4OCCCCOC4(C)CCN(CC4)C(=C1CC(=O)O)N2N3. The number of carboxylic acid groups (broad SMARTS) is 1. The Morgan fingerprint density at radius 2 is 1.97 bits per heavy atom. The highest BCUT2D eigenvalue weighted by Crippen LogP contribution is 2.35. The number of benzene rings is 1. The number of piperidine rings is 1. The van der Waals surface area contributed by atoms with Crippen LogP contribution in [0, 0.1) is 0 Å². The fourth-order valence-corrected chi connectivity index (χ4v) is 5.40. The molecule has 5 heterocycles. The molecule has 10 nitrogen and oxygen atoms in total. The summed E-state index contributed by atoms with van der Waals surface area (Å²) in [5.74, 6) is 1.31. The monoisotopic (exact) mass is 523 g/mol. The van der Waals surface area contributed by atoms with Crippen LogP contribution in [0.25, 0.3) is 0 Å². The molecule has 5 aliphatic rings. The lowest BCUT2D eigenvalue weighted by molar-refractivity contribution is -0.136. The van der Waals surface area contributed by atoms with E-state index in [0.29, 0.717) is 31.0 Å². The Balaban J connectivity index is 1.40. The lowest BCUT2D eigenvalue weighted by Crippen LogP contribution is -2.51. The van der Waals surface area contributed by atoms with Gasteiger partial charge in [-0.05, 0) is 51.7 Å². The molecule has 4 bridgehead atoms. The first-order valence-corrected chi connectivity index (χ1v) is 13.5. The van der Waals surface area contributed by atoms with Gasteiger partial charge in [0.1, 0.15) is 17.4 Å². The van der Waals surface area contributed by atoms with Gasteiger partial charge >= 0.3 is 5.97 Å². The number of carbonyl (C=O) groups is 2. The van der Waals surface area contributed by atoms with E-state index in [1.165, 1.54) is 0 Å². The van der Waals surface area contributed by atoms with E-state index >= 15 is 0 Å². The molecule has 0 radical (unpaired) electrons. The first-order valence-electron chi connectivity index (χ1n) is 13.5. The average molecular weight is 524 g/mol. The second-order valence-electron chi connectivity index (χ2n) is 10.6. The standard InChI is InChI=1S/C28H37N5O5/c1-19-22(17-26(35)36)27-32-11-9-28(2,10-12-32)38-14-6-5-13-37-23-8-4-3-7-20(23)15-25(34)29-18-21-16-24(30-19)33(27)31-21/h3-4,7-8,16,21,31H,5-6,9-15,17-18H2,1-2H3,(H,29,34)(H,35,36). The Morgan fingerprint density at radius 1 is 1.21 bits per heavy atom. The summed E-state index contributed by atoms with van der Waals surface area (Å²) in [6.07, 6.45) is 5.53. The summed E-state index contributed by atoms with van der Waals surface area (Å²) in [7, 11) is 0. The molecule has 3 N–H and O–H groups in total. The minimum absolute atomic E-state index is 0.0914. The molecule has 204 valence electrons. The number of aliphatic imine (C=N–C) groups is 1. The number of carbonyl (C=O) groups excluding carboxylic acids is 1. The van der Waals surface area contributed by atoms with E-state index < -0.39 is 5.97 Å². The van der Waals surface area contributed by atoms with Crippen LogP contribution in [-0.4, -0.2) is 77.1 Å². The zero-order chi connectivity index (χ0) is 26.7. The van der Waals surface area contributed by atoms with E-state index in [0.717, 1.165) is 61.7 Å². The second-order valence-corrected chi connectivity index (χ2v) is 10.6. The number of hydrazine groups is 1. The van der Waals surface area contributed by atoms with Gasteiger partial charge in [0.2, 0.25) is 5.91 Å². The smallest absolute Gasteiger partial charge is 0.308 e. The van der Waals surface area contributed by atoms with Crippen LogP contribution in [0.2, 0.25) is 0 Å². The summed E-state index contributed by atoms with van der Waals surface area (Å²) in [5.41, 5.74) is 5.48. The number of fused-ring (bicyclic) bond motifs is 10.